The van der Waals surface area contributed by atoms with Crippen molar-refractivity contribution < 1.29 is 4.79 Å². The summed E-state index contributed by atoms with van der Waals surface area (Å²) in [5.74, 6) is 0.436. The Morgan fingerprint density at radius 2 is 1.23 bits per heavy atom. The highest BCUT2D eigenvalue weighted by atomic mass is 32.2. The van der Waals surface area contributed by atoms with E-state index in [1.54, 1.807) is 11.8 Å². The van der Waals surface area contributed by atoms with E-state index in [4.69, 9.17) is 0 Å². The number of para-hydroxylation sites is 1. The predicted molar refractivity (Wildman–Crippen MR) is 169 cm³/mol. The minimum absolute atomic E-state index is 0.0668. The van der Waals surface area contributed by atoms with E-state index in [1.165, 1.54) is 16.7 Å². The highest BCUT2D eigenvalue weighted by Crippen LogP contribution is 2.48. The van der Waals surface area contributed by atoms with Crippen LogP contribution in [-0.4, -0.2) is 29.7 Å². The van der Waals surface area contributed by atoms with Crippen molar-refractivity contribution in [1.29, 1.82) is 0 Å². The summed E-state index contributed by atoms with van der Waals surface area (Å²) in [6, 6.07) is 41.8. The zero-order valence-electron chi connectivity index (χ0n) is 22.6. The van der Waals surface area contributed by atoms with Crippen LogP contribution in [0.25, 0.3) is 10.9 Å². The molecule has 5 aromatic rings. The van der Waals surface area contributed by atoms with Crippen molar-refractivity contribution in [1.82, 2.24) is 10.3 Å². The number of anilines is 1. The molecule has 4 nitrogen and oxygen atoms in total. The van der Waals surface area contributed by atoms with Crippen LogP contribution in [0.4, 0.5) is 5.69 Å². The molecule has 0 saturated carbocycles. The van der Waals surface area contributed by atoms with E-state index in [0.29, 0.717) is 12.3 Å². The van der Waals surface area contributed by atoms with Gasteiger partial charge in [0, 0.05) is 24.7 Å². The van der Waals surface area contributed by atoms with Crippen LogP contribution in [0.3, 0.4) is 0 Å². The van der Waals surface area contributed by atoms with Gasteiger partial charge in [0.2, 0.25) is 5.91 Å². The number of amides is 1. The normalized spacial score (nSPS) is 11.3. The number of pyridine rings is 1. The fourth-order valence-corrected chi connectivity index (χ4v) is 6.48. The number of unbranched alkanes of at least 4 members (excludes halogenated alkanes) is 2. The molecule has 0 radical (unpaired) electrons. The third-order valence-electron chi connectivity index (χ3n) is 7.08. The van der Waals surface area contributed by atoms with Crippen molar-refractivity contribution in [2.75, 3.05) is 24.2 Å². The number of rotatable bonds is 13. The Hall–Kier alpha value is -4.09. The molecule has 1 aromatic heterocycles. The fraction of sp³-hybridized carbons (Fsp3) is 0.200. The number of nitrogens with zero attached hydrogens (tertiary/aromatic N) is 1. The van der Waals surface area contributed by atoms with Gasteiger partial charge < -0.3 is 10.6 Å². The van der Waals surface area contributed by atoms with Crippen molar-refractivity contribution in [3.63, 3.8) is 0 Å². The molecule has 0 aliphatic carbocycles. The zero-order chi connectivity index (χ0) is 27.5. The maximum Gasteiger partial charge on any atom is 0.230 e. The Balaban J connectivity index is 1.15. The van der Waals surface area contributed by atoms with Gasteiger partial charge in [0.15, 0.2) is 0 Å². The van der Waals surface area contributed by atoms with Crippen molar-refractivity contribution in [3.8, 4) is 0 Å². The number of carbonyl (C=O) groups is 1. The second-order valence-electron chi connectivity index (χ2n) is 9.79. The van der Waals surface area contributed by atoms with E-state index in [9.17, 15) is 4.79 Å². The number of carbonyl (C=O) groups excluding carboxylic acids is 1. The highest BCUT2D eigenvalue weighted by Gasteiger charge is 2.37. The number of thioether (sulfide) groups is 1. The van der Waals surface area contributed by atoms with Gasteiger partial charge in [-0.3, -0.25) is 9.78 Å². The van der Waals surface area contributed by atoms with Crippen LogP contribution in [0.15, 0.2) is 128 Å². The number of hydrogen-bond donors (Lipinski definition) is 2. The first-order chi connectivity index (χ1) is 19.8. The lowest BCUT2D eigenvalue weighted by molar-refractivity contribution is -0.118. The maximum absolute atomic E-state index is 13.0. The molecule has 40 heavy (non-hydrogen) atoms. The Bertz CT molecular complexity index is 1390. The van der Waals surface area contributed by atoms with E-state index in [2.05, 4.69) is 113 Å². The smallest absolute Gasteiger partial charge is 0.230 e. The van der Waals surface area contributed by atoms with Crippen LogP contribution in [-0.2, 0) is 9.54 Å². The molecule has 5 rings (SSSR count). The first-order valence-corrected chi connectivity index (χ1v) is 14.9. The molecule has 0 fully saturated rings. The van der Waals surface area contributed by atoms with Crippen LogP contribution in [0.5, 0.6) is 0 Å². The van der Waals surface area contributed by atoms with E-state index in [0.717, 1.165) is 42.4 Å². The minimum Gasteiger partial charge on any atom is -0.383 e. The summed E-state index contributed by atoms with van der Waals surface area (Å²) in [5, 5.41) is 7.81. The Kier molecular flexibility index (Phi) is 9.49. The number of nitrogens with one attached hydrogen (secondary N) is 2. The molecule has 0 aliphatic rings. The molecule has 5 heteroatoms. The van der Waals surface area contributed by atoms with E-state index in [1.807, 2.05) is 30.5 Å². The van der Waals surface area contributed by atoms with Gasteiger partial charge in [0.05, 0.1) is 21.7 Å². The van der Waals surface area contributed by atoms with E-state index < -0.39 is 4.75 Å². The number of hydrogen-bond acceptors (Lipinski definition) is 4. The van der Waals surface area contributed by atoms with Crippen molar-refractivity contribution in [3.05, 3.63) is 144 Å². The monoisotopic (exact) mass is 545 g/mol. The molecule has 0 saturated heterocycles. The average molecular weight is 546 g/mol. The van der Waals surface area contributed by atoms with Gasteiger partial charge in [-0.2, -0.15) is 0 Å². The summed E-state index contributed by atoms with van der Waals surface area (Å²) >= 11 is 1.68. The van der Waals surface area contributed by atoms with Crippen molar-refractivity contribution >= 4 is 34.3 Å². The first-order valence-electron chi connectivity index (χ1n) is 13.9. The lowest BCUT2D eigenvalue weighted by Crippen LogP contribution is -2.31. The fourth-order valence-electron chi connectivity index (χ4n) is 5.12. The van der Waals surface area contributed by atoms with Gasteiger partial charge >= 0.3 is 0 Å². The molecule has 1 amide bonds. The summed E-state index contributed by atoms with van der Waals surface area (Å²) in [6.45, 7) is 1.57. The lowest BCUT2D eigenvalue weighted by atomic mass is 9.84. The van der Waals surface area contributed by atoms with Gasteiger partial charge in [-0.15, -0.1) is 11.8 Å². The summed E-state index contributed by atoms with van der Waals surface area (Å²) in [7, 11) is 0. The molecule has 1 heterocycles. The van der Waals surface area contributed by atoms with Gasteiger partial charge in [-0.05, 0) is 48.1 Å². The molecule has 0 bridgehead atoms. The van der Waals surface area contributed by atoms with Crippen LogP contribution in [0.2, 0.25) is 0 Å². The molecule has 0 spiro atoms. The predicted octanol–water partition coefficient (Wildman–Crippen LogP) is 7.66. The van der Waals surface area contributed by atoms with Gasteiger partial charge in [0.1, 0.15) is 0 Å². The molecule has 0 aliphatic heterocycles. The summed E-state index contributed by atoms with van der Waals surface area (Å²) < 4.78 is -0.483. The molecule has 2 N–H and O–H groups in total. The summed E-state index contributed by atoms with van der Waals surface area (Å²) in [6.07, 6.45) is 4.86. The van der Waals surface area contributed by atoms with Crippen LogP contribution >= 0.6 is 11.8 Å². The van der Waals surface area contributed by atoms with E-state index in [-0.39, 0.29) is 5.91 Å². The third kappa shape index (κ3) is 6.54. The Morgan fingerprint density at radius 1 is 0.650 bits per heavy atom. The maximum atomic E-state index is 13.0. The molecular weight excluding hydrogens is 510 g/mol. The number of fused-ring (bicyclic) bond motifs is 1. The van der Waals surface area contributed by atoms with Crippen molar-refractivity contribution in [2.45, 2.75) is 24.0 Å². The second-order valence-corrected chi connectivity index (χ2v) is 11.0. The Labute approximate surface area is 241 Å². The van der Waals surface area contributed by atoms with Gasteiger partial charge in [-0.1, -0.05) is 109 Å². The van der Waals surface area contributed by atoms with Gasteiger partial charge in [-0.25, -0.2) is 0 Å². The lowest BCUT2D eigenvalue weighted by Gasteiger charge is -2.35. The largest absolute Gasteiger partial charge is 0.383 e. The second kappa shape index (κ2) is 13.8. The number of benzene rings is 4. The standard InChI is InChI=1S/C35H35N3OS/c39-33(37-25-12-4-11-24-36-32-23-13-15-28-16-14-26-38-34(28)32)27-40-35(29-17-5-1-6-18-29,30-19-7-2-8-20-30)31-21-9-3-10-22-31/h1-3,5-10,13-23,26,36H,4,11-12,24-25,27H2,(H,37,39). The quantitative estimate of drug-likeness (QED) is 0.118. The molecule has 0 unspecified atom stereocenters. The topological polar surface area (TPSA) is 54.0 Å². The van der Waals surface area contributed by atoms with E-state index >= 15 is 0 Å². The van der Waals surface area contributed by atoms with Crippen LogP contribution in [0.1, 0.15) is 36.0 Å². The summed E-state index contributed by atoms with van der Waals surface area (Å²) in [5.41, 5.74) is 5.58. The van der Waals surface area contributed by atoms with Crippen LogP contribution in [0, 0.1) is 0 Å². The van der Waals surface area contributed by atoms with Crippen LogP contribution < -0.4 is 10.6 Å². The first kappa shape index (κ1) is 27.5. The number of aromatic nitrogens is 1. The van der Waals surface area contributed by atoms with Crippen molar-refractivity contribution in [2.24, 2.45) is 0 Å². The van der Waals surface area contributed by atoms with Gasteiger partial charge in [0.25, 0.3) is 0 Å². The molecular formula is C35H35N3OS. The SMILES string of the molecule is O=C(CSC(c1ccccc1)(c1ccccc1)c1ccccc1)NCCCCCNc1cccc2cccnc12. The minimum atomic E-state index is -0.483. The molecule has 0 atom stereocenters. The Morgan fingerprint density at radius 3 is 1.85 bits per heavy atom. The molecule has 4 aromatic carbocycles. The average Bonchev–Trinajstić information content (AvgIpc) is 3.02. The highest BCUT2D eigenvalue weighted by molar-refractivity contribution is 8.01. The third-order valence-corrected chi connectivity index (χ3v) is 8.63. The zero-order valence-corrected chi connectivity index (χ0v) is 23.4. The summed E-state index contributed by atoms with van der Waals surface area (Å²) in [4.78, 5) is 17.5. The molecule has 202 valence electrons.